The Balaban J connectivity index is 1.83. The normalized spacial score (nSPS) is 27.4. The lowest BCUT2D eigenvalue weighted by Gasteiger charge is -2.43. The quantitative estimate of drug-likeness (QED) is 0.828. The standard InChI is InChI=1S/C15H30N4O/c1-12(16)13-5-4-8-19(11-13)14-6-9-18(10-7-14)15(20)17(2)3/h12-14H,4-11,16H2,1-3H3. The molecular weight excluding hydrogens is 252 g/mol. The van der Waals surface area contributed by atoms with Crippen LogP contribution in [0.15, 0.2) is 0 Å². The van der Waals surface area contributed by atoms with Crippen LogP contribution in [0.25, 0.3) is 0 Å². The first-order valence-electron chi connectivity index (χ1n) is 7.95. The summed E-state index contributed by atoms with van der Waals surface area (Å²) in [5.74, 6) is 0.644. The van der Waals surface area contributed by atoms with Gasteiger partial charge in [0.25, 0.3) is 0 Å². The van der Waals surface area contributed by atoms with E-state index in [1.54, 1.807) is 4.90 Å². The number of nitrogens with zero attached hydrogens (tertiary/aromatic N) is 3. The molecule has 5 heteroatoms. The van der Waals surface area contributed by atoms with Crippen LogP contribution in [-0.4, -0.2) is 73.1 Å². The molecule has 20 heavy (non-hydrogen) atoms. The Morgan fingerprint density at radius 3 is 2.40 bits per heavy atom. The minimum Gasteiger partial charge on any atom is -0.331 e. The topological polar surface area (TPSA) is 52.8 Å². The van der Waals surface area contributed by atoms with Gasteiger partial charge in [-0.3, -0.25) is 4.90 Å². The molecule has 2 N–H and O–H groups in total. The molecule has 0 aromatic rings. The number of amides is 2. The number of carbonyl (C=O) groups excluding carboxylic acids is 1. The van der Waals surface area contributed by atoms with Crippen LogP contribution in [0.2, 0.25) is 0 Å². The summed E-state index contributed by atoms with van der Waals surface area (Å²) in [6.45, 7) is 6.26. The maximum atomic E-state index is 11.9. The lowest BCUT2D eigenvalue weighted by Crippen LogP contribution is -2.52. The summed E-state index contributed by atoms with van der Waals surface area (Å²) in [5.41, 5.74) is 6.07. The van der Waals surface area contributed by atoms with E-state index in [0.29, 0.717) is 18.0 Å². The van der Waals surface area contributed by atoms with Gasteiger partial charge in [0.1, 0.15) is 0 Å². The predicted molar refractivity (Wildman–Crippen MR) is 81.6 cm³/mol. The number of rotatable bonds is 2. The fourth-order valence-corrected chi connectivity index (χ4v) is 3.51. The molecule has 2 saturated heterocycles. The largest absolute Gasteiger partial charge is 0.331 e. The minimum absolute atomic E-state index is 0.149. The van der Waals surface area contributed by atoms with Crippen LogP contribution < -0.4 is 5.73 Å². The van der Waals surface area contributed by atoms with Crippen molar-refractivity contribution in [1.29, 1.82) is 0 Å². The van der Waals surface area contributed by atoms with Gasteiger partial charge in [0.15, 0.2) is 0 Å². The Labute approximate surface area is 123 Å². The summed E-state index contributed by atoms with van der Waals surface area (Å²) in [5, 5.41) is 0. The molecule has 0 aromatic heterocycles. The summed E-state index contributed by atoms with van der Waals surface area (Å²) < 4.78 is 0. The van der Waals surface area contributed by atoms with Crippen molar-refractivity contribution in [3.63, 3.8) is 0 Å². The molecule has 2 aliphatic rings. The fourth-order valence-electron chi connectivity index (χ4n) is 3.51. The van der Waals surface area contributed by atoms with Gasteiger partial charge in [-0.15, -0.1) is 0 Å². The Morgan fingerprint density at radius 1 is 1.20 bits per heavy atom. The van der Waals surface area contributed by atoms with Crippen molar-refractivity contribution < 1.29 is 4.79 Å². The molecule has 0 bridgehead atoms. The van der Waals surface area contributed by atoms with E-state index in [4.69, 9.17) is 5.73 Å². The van der Waals surface area contributed by atoms with Crippen LogP contribution in [0.5, 0.6) is 0 Å². The zero-order valence-corrected chi connectivity index (χ0v) is 13.2. The third kappa shape index (κ3) is 3.64. The molecule has 2 amide bonds. The van der Waals surface area contributed by atoms with Crippen LogP contribution in [-0.2, 0) is 0 Å². The van der Waals surface area contributed by atoms with Gasteiger partial charge in [0, 0.05) is 45.8 Å². The molecule has 2 unspecified atom stereocenters. The average molecular weight is 282 g/mol. The predicted octanol–water partition coefficient (Wildman–Crippen LogP) is 1.19. The number of likely N-dealkylation sites (tertiary alicyclic amines) is 2. The van der Waals surface area contributed by atoms with Crippen molar-refractivity contribution in [2.24, 2.45) is 11.7 Å². The van der Waals surface area contributed by atoms with Crippen LogP contribution in [0.1, 0.15) is 32.6 Å². The highest BCUT2D eigenvalue weighted by atomic mass is 16.2. The van der Waals surface area contributed by atoms with Gasteiger partial charge in [-0.1, -0.05) is 0 Å². The molecular formula is C15H30N4O. The summed E-state index contributed by atoms with van der Waals surface area (Å²) in [6, 6.07) is 1.09. The van der Waals surface area contributed by atoms with E-state index >= 15 is 0 Å². The summed E-state index contributed by atoms with van der Waals surface area (Å²) in [4.78, 5) is 18.2. The number of carbonyl (C=O) groups is 1. The number of nitrogens with two attached hydrogens (primary N) is 1. The van der Waals surface area contributed by atoms with Crippen LogP contribution in [0.3, 0.4) is 0 Å². The summed E-state index contributed by atoms with van der Waals surface area (Å²) >= 11 is 0. The third-order valence-corrected chi connectivity index (χ3v) is 4.87. The Kier molecular flexibility index (Phi) is 5.27. The third-order valence-electron chi connectivity index (χ3n) is 4.87. The van der Waals surface area contributed by atoms with E-state index in [1.165, 1.54) is 19.4 Å². The Bertz CT molecular complexity index is 324. The maximum Gasteiger partial charge on any atom is 0.319 e. The number of urea groups is 1. The second kappa shape index (κ2) is 6.76. The summed E-state index contributed by atoms with van der Waals surface area (Å²) in [7, 11) is 3.65. The van der Waals surface area contributed by atoms with Gasteiger partial charge in [-0.05, 0) is 45.1 Å². The fraction of sp³-hybridized carbons (Fsp3) is 0.933. The highest BCUT2D eigenvalue weighted by molar-refractivity contribution is 5.73. The van der Waals surface area contributed by atoms with Gasteiger partial charge in [0.2, 0.25) is 0 Å². The van der Waals surface area contributed by atoms with Gasteiger partial charge in [-0.2, -0.15) is 0 Å². The molecule has 0 spiro atoms. The molecule has 2 fully saturated rings. The van der Waals surface area contributed by atoms with E-state index in [-0.39, 0.29) is 6.03 Å². The zero-order chi connectivity index (χ0) is 14.7. The number of piperidine rings is 2. The minimum atomic E-state index is 0.149. The first kappa shape index (κ1) is 15.6. The monoisotopic (exact) mass is 282 g/mol. The van der Waals surface area contributed by atoms with E-state index in [9.17, 15) is 4.79 Å². The van der Waals surface area contributed by atoms with Gasteiger partial charge < -0.3 is 15.5 Å². The summed E-state index contributed by atoms with van der Waals surface area (Å²) in [6.07, 6.45) is 4.74. The SMILES string of the molecule is CC(N)C1CCCN(C2CCN(C(=O)N(C)C)CC2)C1. The first-order chi connectivity index (χ1) is 9.49. The molecule has 2 rings (SSSR count). The van der Waals surface area contributed by atoms with Gasteiger partial charge >= 0.3 is 6.03 Å². The zero-order valence-electron chi connectivity index (χ0n) is 13.2. The highest BCUT2D eigenvalue weighted by Crippen LogP contribution is 2.25. The van der Waals surface area contributed by atoms with Crippen molar-refractivity contribution in [2.75, 3.05) is 40.3 Å². The van der Waals surface area contributed by atoms with Crippen molar-refractivity contribution >= 4 is 6.03 Å². The molecule has 0 aliphatic carbocycles. The molecule has 116 valence electrons. The Hall–Kier alpha value is -0.810. The number of hydrogen-bond donors (Lipinski definition) is 1. The van der Waals surface area contributed by atoms with E-state index in [0.717, 1.165) is 32.5 Å². The molecule has 5 nitrogen and oxygen atoms in total. The first-order valence-corrected chi connectivity index (χ1v) is 7.95. The van der Waals surface area contributed by atoms with E-state index in [2.05, 4.69) is 11.8 Å². The highest BCUT2D eigenvalue weighted by Gasteiger charge is 2.31. The van der Waals surface area contributed by atoms with Crippen molar-refractivity contribution in [3.8, 4) is 0 Å². The molecule has 2 heterocycles. The second-order valence-electron chi connectivity index (χ2n) is 6.65. The smallest absolute Gasteiger partial charge is 0.319 e. The van der Waals surface area contributed by atoms with Crippen LogP contribution in [0.4, 0.5) is 4.79 Å². The molecule has 0 radical (unpaired) electrons. The lowest BCUT2D eigenvalue weighted by atomic mass is 9.90. The molecule has 0 aromatic carbocycles. The van der Waals surface area contributed by atoms with Crippen molar-refractivity contribution in [3.05, 3.63) is 0 Å². The van der Waals surface area contributed by atoms with Gasteiger partial charge in [-0.25, -0.2) is 4.79 Å². The van der Waals surface area contributed by atoms with E-state index < -0.39 is 0 Å². The Morgan fingerprint density at radius 2 is 1.85 bits per heavy atom. The van der Waals surface area contributed by atoms with Crippen LogP contribution in [0, 0.1) is 5.92 Å². The van der Waals surface area contributed by atoms with Crippen molar-refractivity contribution in [2.45, 2.75) is 44.7 Å². The van der Waals surface area contributed by atoms with Crippen LogP contribution >= 0.6 is 0 Å². The number of hydrogen-bond acceptors (Lipinski definition) is 3. The molecule has 0 saturated carbocycles. The lowest BCUT2D eigenvalue weighted by molar-refractivity contribution is 0.0702. The maximum absolute atomic E-state index is 11.9. The van der Waals surface area contributed by atoms with E-state index in [1.807, 2.05) is 19.0 Å². The second-order valence-corrected chi connectivity index (χ2v) is 6.65. The van der Waals surface area contributed by atoms with Crippen molar-refractivity contribution in [1.82, 2.24) is 14.7 Å². The van der Waals surface area contributed by atoms with Gasteiger partial charge in [0.05, 0.1) is 0 Å². The average Bonchev–Trinajstić information content (AvgIpc) is 2.46. The molecule has 2 aliphatic heterocycles. The molecule has 2 atom stereocenters.